The van der Waals surface area contributed by atoms with Gasteiger partial charge in [0.1, 0.15) is 0 Å². The van der Waals surface area contributed by atoms with Gasteiger partial charge >= 0.3 is 0 Å². The van der Waals surface area contributed by atoms with Gasteiger partial charge in [-0.15, -0.1) is 0 Å². The second-order valence-electron chi connectivity index (χ2n) is 4.27. The van der Waals surface area contributed by atoms with Crippen LogP contribution in [0, 0.1) is 0 Å². The van der Waals surface area contributed by atoms with Gasteiger partial charge in [0.25, 0.3) is 0 Å². The van der Waals surface area contributed by atoms with Gasteiger partial charge in [0.15, 0.2) is 5.79 Å². The van der Waals surface area contributed by atoms with Crippen LogP contribution in [0.2, 0.25) is 0 Å². The lowest BCUT2D eigenvalue weighted by molar-refractivity contribution is -0.164. The van der Waals surface area contributed by atoms with E-state index in [0.717, 1.165) is 38.9 Å². The summed E-state index contributed by atoms with van der Waals surface area (Å²) in [5.74, 6) is -0.333. The minimum atomic E-state index is -0.333. The molecule has 1 aromatic rings. The summed E-state index contributed by atoms with van der Waals surface area (Å²) < 4.78 is 11.5. The van der Waals surface area contributed by atoms with E-state index < -0.39 is 0 Å². The molecule has 1 fully saturated rings. The van der Waals surface area contributed by atoms with Gasteiger partial charge < -0.3 is 9.47 Å². The highest BCUT2D eigenvalue weighted by Gasteiger charge is 2.41. The Labute approximate surface area is 89.0 Å². The number of aromatic amines is 1. The molecule has 1 aromatic heterocycles. The van der Waals surface area contributed by atoms with Gasteiger partial charge in [-0.05, 0) is 12.8 Å². The van der Waals surface area contributed by atoms with Crippen LogP contribution in [-0.2, 0) is 28.7 Å². The average molecular weight is 208 g/mol. The number of hydrogen-bond donors (Lipinski definition) is 1. The molecule has 1 saturated heterocycles. The monoisotopic (exact) mass is 208 g/mol. The molecular weight excluding hydrogens is 192 g/mol. The summed E-state index contributed by atoms with van der Waals surface area (Å²) in [7, 11) is 0. The van der Waals surface area contributed by atoms with Crippen molar-refractivity contribution >= 4 is 0 Å². The molecule has 0 aromatic carbocycles. The van der Waals surface area contributed by atoms with Crippen molar-refractivity contribution < 1.29 is 9.47 Å². The predicted molar refractivity (Wildman–Crippen MR) is 54.6 cm³/mol. The van der Waals surface area contributed by atoms with E-state index in [9.17, 15) is 0 Å². The van der Waals surface area contributed by atoms with E-state index in [2.05, 4.69) is 17.1 Å². The fourth-order valence-corrected chi connectivity index (χ4v) is 2.57. The van der Waals surface area contributed by atoms with Crippen molar-refractivity contribution in [3.05, 3.63) is 17.0 Å². The molecule has 1 aliphatic carbocycles. The molecule has 0 amide bonds. The Morgan fingerprint density at radius 3 is 2.93 bits per heavy atom. The average Bonchev–Trinajstić information content (AvgIpc) is 2.85. The van der Waals surface area contributed by atoms with Gasteiger partial charge in [-0.1, -0.05) is 6.92 Å². The van der Waals surface area contributed by atoms with E-state index in [-0.39, 0.29) is 5.79 Å². The first-order valence-electron chi connectivity index (χ1n) is 5.66. The van der Waals surface area contributed by atoms with E-state index in [1.165, 1.54) is 17.0 Å². The van der Waals surface area contributed by atoms with Crippen LogP contribution >= 0.6 is 0 Å². The topological polar surface area (TPSA) is 47.1 Å². The molecule has 2 heterocycles. The van der Waals surface area contributed by atoms with Gasteiger partial charge in [0.2, 0.25) is 0 Å². The third kappa shape index (κ3) is 1.40. The van der Waals surface area contributed by atoms with Crippen molar-refractivity contribution in [3.8, 4) is 0 Å². The number of ether oxygens (including phenoxy) is 2. The van der Waals surface area contributed by atoms with E-state index in [1.807, 2.05) is 0 Å². The smallest absolute Gasteiger partial charge is 0.172 e. The molecule has 0 bridgehead atoms. The molecule has 4 nitrogen and oxygen atoms in total. The number of fused-ring (bicyclic) bond motifs is 1. The zero-order chi connectivity index (χ0) is 10.3. The highest BCUT2D eigenvalue weighted by Crippen LogP contribution is 2.35. The second kappa shape index (κ2) is 3.32. The van der Waals surface area contributed by atoms with Crippen LogP contribution in [0.15, 0.2) is 0 Å². The molecule has 0 unspecified atom stereocenters. The molecule has 1 aliphatic heterocycles. The van der Waals surface area contributed by atoms with Crippen LogP contribution < -0.4 is 0 Å². The maximum Gasteiger partial charge on any atom is 0.172 e. The van der Waals surface area contributed by atoms with Gasteiger partial charge in [-0.25, -0.2) is 0 Å². The molecule has 15 heavy (non-hydrogen) atoms. The summed E-state index contributed by atoms with van der Waals surface area (Å²) in [4.78, 5) is 0. The lowest BCUT2D eigenvalue weighted by atomic mass is 9.90. The lowest BCUT2D eigenvalue weighted by Gasteiger charge is -2.31. The van der Waals surface area contributed by atoms with E-state index in [1.54, 1.807) is 0 Å². The van der Waals surface area contributed by atoms with E-state index >= 15 is 0 Å². The zero-order valence-electron chi connectivity index (χ0n) is 9.01. The summed E-state index contributed by atoms with van der Waals surface area (Å²) >= 11 is 0. The number of nitrogens with zero attached hydrogens (tertiary/aromatic N) is 1. The minimum absolute atomic E-state index is 0.333. The summed E-state index contributed by atoms with van der Waals surface area (Å²) in [6, 6.07) is 0. The van der Waals surface area contributed by atoms with Crippen LogP contribution in [0.4, 0.5) is 0 Å². The number of rotatable bonds is 1. The number of aryl methyl sites for hydroxylation is 2. The number of hydrogen-bond acceptors (Lipinski definition) is 3. The lowest BCUT2D eigenvalue weighted by Crippen LogP contribution is -2.37. The molecule has 3 rings (SSSR count). The van der Waals surface area contributed by atoms with Crippen molar-refractivity contribution in [2.45, 2.75) is 38.4 Å². The van der Waals surface area contributed by atoms with Crippen LogP contribution in [0.1, 0.15) is 30.3 Å². The minimum Gasteiger partial charge on any atom is -0.347 e. The first kappa shape index (κ1) is 9.36. The summed E-state index contributed by atoms with van der Waals surface area (Å²) in [5.41, 5.74) is 3.77. The van der Waals surface area contributed by atoms with E-state index in [4.69, 9.17) is 9.47 Å². The standard InChI is InChI=1S/C11H16N2O2/c1-2-9-8-7-11(14-5-6-15-11)4-3-10(8)13-12-9/h2-7H2,1H3,(H,12,13). The molecule has 82 valence electrons. The Balaban J connectivity index is 1.93. The van der Waals surface area contributed by atoms with Crippen LogP contribution in [0.5, 0.6) is 0 Å². The van der Waals surface area contributed by atoms with Crippen molar-refractivity contribution in [1.82, 2.24) is 10.2 Å². The first-order valence-corrected chi connectivity index (χ1v) is 5.66. The van der Waals surface area contributed by atoms with Gasteiger partial charge in [-0.2, -0.15) is 5.10 Å². The largest absolute Gasteiger partial charge is 0.347 e. The Bertz CT molecular complexity index is 353. The molecule has 0 atom stereocenters. The molecule has 2 aliphatic rings. The Hall–Kier alpha value is -0.870. The summed E-state index contributed by atoms with van der Waals surface area (Å²) in [6.45, 7) is 3.59. The molecular formula is C11H16N2O2. The number of aromatic nitrogens is 2. The van der Waals surface area contributed by atoms with Gasteiger partial charge in [0, 0.05) is 24.1 Å². The van der Waals surface area contributed by atoms with E-state index in [0.29, 0.717) is 0 Å². The molecule has 1 N–H and O–H groups in total. The maximum atomic E-state index is 5.74. The van der Waals surface area contributed by atoms with Crippen LogP contribution in [-0.4, -0.2) is 29.2 Å². The highest BCUT2D eigenvalue weighted by molar-refractivity contribution is 5.29. The Morgan fingerprint density at radius 1 is 1.40 bits per heavy atom. The van der Waals surface area contributed by atoms with Crippen molar-refractivity contribution in [3.63, 3.8) is 0 Å². The van der Waals surface area contributed by atoms with Crippen molar-refractivity contribution in [2.24, 2.45) is 0 Å². The van der Waals surface area contributed by atoms with Crippen LogP contribution in [0.25, 0.3) is 0 Å². The predicted octanol–water partition coefficient (Wildman–Crippen LogP) is 1.20. The Morgan fingerprint density at radius 2 is 2.20 bits per heavy atom. The summed E-state index contributed by atoms with van der Waals surface area (Å²) in [6.07, 6.45) is 3.78. The maximum absolute atomic E-state index is 5.74. The SMILES string of the molecule is CCc1n[nH]c2c1CC1(CC2)OCCO1. The highest BCUT2D eigenvalue weighted by atomic mass is 16.7. The Kier molecular flexibility index (Phi) is 2.07. The van der Waals surface area contributed by atoms with Crippen molar-refractivity contribution in [1.29, 1.82) is 0 Å². The molecule has 0 saturated carbocycles. The molecule has 1 spiro atoms. The van der Waals surface area contributed by atoms with Crippen molar-refractivity contribution in [2.75, 3.05) is 13.2 Å². The third-order valence-corrected chi connectivity index (χ3v) is 3.39. The van der Waals surface area contributed by atoms with Gasteiger partial charge in [0.05, 0.1) is 18.9 Å². The number of nitrogens with one attached hydrogen (secondary N) is 1. The quantitative estimate of drug-likeness (QED) is 0.754. The molecule has 4 heteroatoms. The summed E-state index contributed by atoms with van der Waals surface area (Å²) in [5, 5.41) is 7.46. The normalized spacial score (nSPS) is 23.3. The second-order valence-corrected chi connectivity index (χ2v) is 4.27. The third-order valence-electron chi connectivity index (χ3n) is 3.39. The first-order chi connectivity index (χ1) is 7.33. The number of H-pyrrole nitrogens is 1. The van der Waals surface area contributed by atoms with Gasteiger partial charge in [-0.3, -0.25) is 5.10 Å². The fourth-order valence-electron chi connectivity index (χ4n) is 2.57. The van der Waals surface area contributed by atoms with Crippen LogP contribution in [0.3, 0.4) is 0 Å². The fraction of sp³-hybridized carbons (Fsp3) is 0.727. The molecule has 0 radical (unpaired) electrons. The zero-order valence-corrected chi connectivity index (χ0v) is 9.01.